The van der Waals surface area contributed by atoms with Gasteiger partial charge in [-0.1, -0.05) is 23.8 Å². The summed E-state index contributed by atoms with van der Waals surface area (Å²) in [4.78, 5) is 40.4. The molecule has 1 aromatic carbocycles. The van der Waals surface area contributed by atoms with E-state index in [1.165, 1.54) is 13.0 Å². The second-order valence-corrected chi connectivity index (χ2v) is 13.7. The number of hydrogen-bond donors (Lipinski definition) is 3. The van der Waals surface area contributed by atoms with Crippen LogP contribution in [0.2, 0.25) is 0 Å². The summed E-state index contributed by atoms with van der Waals surface area (Å²) in [6, 6.07) is 0. The monoisotopic (exact) mass is 578 g/mol. The van der Waals surface area contributed by atoms with Gasteiger partial charge in [0, 0.05) is 47.0 Å². The zero-order valence-corrected chi connectivity index (χ0v) is 25.1. The van der Waals surface area contributed by atoms with E-state index in [1.54, 1.807) is 19.9 Å². The van der Waals surface area contributed by atoms with Gasteiger partial charge in [-0.3, -0.25) is 9.59 Å². The summed E-state index contributed by atoms with van der Waals surface area (Å²) >= 11 is 0. The van der Waals surface area contributed by atoms with Crippen LogP contribution >= 0.6 is 0 Å². The third-order valence-electron chi connectivity index (χ3n) is 9.85. The molecule has 7 rings (SSSR count). The largest absolute Gasteiger partial charge is 0.507 e. The summed E-state index contributed by atoms with van der Waals surface area (Å²) in [5.74, 6) is -2.54. The number of carbonyl (C=O) groups is 3. The molecule has 6 aliphatic rings. The number of rotatable bonds is 6. The zero-order valence-electron chi connectivity index (χ0n) is 25.1. The molecule has 224 valence electrons. The van der Waals surface area contributed by atoms with Crippen LogP contribution in [0.5, 0.6) is 17.2 Å². The summed E-state index contributed by atoms with van der Waals surface area (Å²) in [7, 11) is 0. The zero-order chi connectivity index (χ0) is 30.7. The minimum atomic E-state index is -1.64. The first-order chi connectivity index (χ1) is 19.5. The molecule has 42 heavy (non-hydrogen) atoms. The van der Waals surface area contributed by atoms with Gasteiger partial charge in [-0.05, 0) is 61.3 Å². The number of phenolic OH excluding ortho intramolecular Hbond substituents is 1. The maximum atomic E-state index is 14.6. The molecule has 3 N–H and O–H groups in total. The van der Waals surface area contributed by atoms with E-state index in [4.69, 9.17) is 14.2 Å². The van der Waals surface area contributed by atoms with Crippen LogP contribution in [0, 0.1) is 11.8 Å². The number of ketones is 2. The van der Waals surface area contributed by atoms with Crippen molar-refractivity contribution in [2.45, 2.75) is 103 Å². The molecule has 5 atom stereocenters. The first-order valence-electron chi connectivity index (χ1n) is 14.5. The number of ether oxygens (including phenoxy) is 3. The predicted molar refractivity (Wildman–Crippen MR) is 152 cm³/mol. The number of carbonyl (C=O) groups excluding carboxylic acids is 2. The Bertz CT molecular complexity index is 1550. The molecule has 0 amide bonds. The summed E-state index contributed by atoms with van der Waals surface area (Å²) < 4.78 is 19.9. The van der Waals surface area contributed by atoms with Crippen LogP contribution in [-0.2, 0) is 27.2 Å². The number of hydrogen-bond acceptors (Lipinski definition) is 8. The highest BCUT2D eigenvalue weighted by molar-refractivity contribution is 6.18. The molecule has 3 aliphatic heterocycles. The summed E-state index contributed by atoms with van der Waals surface area (Å²) in [5.41, 5.74) is -2.92. The minimum absolute atomic E-state index is 0.0207. The van der Waals surface area contributed by atoms with Gasteiger partial charge in [0.2, 0.25) is 0 Å². The molecule has 4 bridgehead atoms. The Morgan fingerprint density at radius 2 is 1.83 bits per heavy atom. The van der Waals surface area contributed by atoms with Gasteiger partial charge >= 0.3 is 5.97 Å². The molecular formula is C33H38O9. The molecule has 9 heteroatoms. The lowest BCUT2D eigenvalue weighted by molar-refractivity contribution is -0.171. The maximum absolute atomic E-state index is 14.6. The highest BCUT2D eigenvalue weighted by atomic mass is 16.6. The Morgan fingerprint density at radius 1 is 1.14 bits per heavy atom. The Morgan fingerprint density at radius 3 is 2.45 bits per heavy atom. The highest BCUT2D eigenvalue weighted by Crippen LogP contribution is 2.68. The van der Waals surface area contributed by atoms with Crippen LogP contribution in [0.25, 0.3) is 0 Å². The lowest BCUT2D eigenvalue weighted by atomic mass is 9.51. The SMILES string of the molecule is CC(C)=CCc1c2c(c(O)c3c1O[C@@]14C(=C[C@H]5CC1C(C)(C)O[C@]4(C/C=C(/C)C(=O)O)C5=O)C3=O)CC(C(C)(C)O)O2. The Balaban J connectivity index is 1.62. The lowest BCUT2D eigenvalue weighted by Crippen LogP contribution is -2.72. The van der Waals surface area contributed by atoms with Crippen molar-refractivity contribution < 1.29 is 43.9 Å². The van der Waals surface area contributed by atoms with Crippen molar-refractivity contribution in [3.05, 3.63) is 51.6 Å². The fourth-order valence-electron chi connectivity index (χ4n) is 7.72. The number of Topliss-reactive ketones (excluding diaryl/α,β-unsaturated/α-hetero) is 2. The van der Waals surface area contributed by atoms with Gasteiger partial charge in [0.1, 0.15) is 28.9 Å². The number of aromatic hydroxyl groups is 1. The fourth-order valence-corrected chi connectivity index (χ4v) is 7.72. The number of carboxylic acid groups (broad SMARTS) is 1. The molecule has 1 spiro atoms. The van der Waals surface area contributed by atoms with Crippen LogP contribution in [0.3, 0.4) is 0 Å². The number of phenols is 1. The fraction of sp³-hybridized carbons (Fsp3) is 0.545. The summed E-state index contributed by atoms with van der Waals surface area (Å²) in [6.45, 7) is 12.4. The van der Waals surface area contributed by atoms with Crippen LogP contribution in [0.15, 0.2) is 34.9 Å². The molecule has 2 unspecified atom stereocenters. The van der Waals surface area contributed by atoms with Crippen LogP contribution in [0.4, 0.5) is 0 Å². The smallest absolute Gasteiger partial charge is 0.330 e. The van der Waals surface area contributed by atoms with Crippen molar-refractivity contribution >= 4 is 17.5 Å². The van der Waals surface area contributed by atoms with Crippen LogP contribution in [-0.4, -0.2) is 61.4 Å². The van der Waals surface area contributed by atoms with Gasteiger partial charge in [0.25, 0.3) is 0 Å². The van der Waals surface area contributed by atoms with Crippen molar-refractivity contribution in [2.24, 2.45) is 11.8 Å². The van der Waals surface area contributed by atoms with Crippen molar-refractivity contribution in [3.8, 4) is 17.2 Å². The van der Waals surface area contributed by atoms with Gasteiger partial charge < -0.3 is 29.5 Å². The third kappa shape index (κ3) is 3.59. The Kier molecular flexibility index (Phi) is 6.01. The Hall–Kier alpha value is -3.43. The number of benzene rings is 1. The first kappa shape index (κ1) is 28.7. The van der Waals surface area contributed by atoms with Crippen molar-refractivity contribution in [1.29, 1.82) is 0 Å². The standard InChI is InChI=1S/C33H38O9/c1-15(2)8-9-18-26-19(14-22(40-26)30(4,5)39)24(34)23-25(35)20-12-17-13-21-31(6,7)42-32(28(17)36,11-10-16(3)29(37)38)33(20,21)41-27(18)23/h8,10,12,17,21-22,34,39H,9,11,13-14H2,1-7H3,(H,37,38)/b16-10-/t17-,21?,22?,32+,33-/m0/s1. The van der Waals surface area contributed by atoms with Gasteiger partial charge in [0.15, 0.2) is 22.8 Å². The minimum Gasteiger partial charge on any atom is -0.507 e. The summed E-state index contributed by atoms with van der Waals surface area (Å²) in [5, 5.41) is 31.9. The molecule has 1 aromatic rings. The van der Waals surface area contributed by atoms with Gasteiger partial charge in [-0.2, -0.15) is 0 Å². The number of aliphatic hydroxyl groups is 1. The van der Waals surface area contributed by atoms with E-state index >= 15 is 0 Å². The van der Waals surface area contributed by atoms with Gasteiger partial charge in [0.05, 0.1) is 11.2 Å². The molecule has 3 heterocycles. The third-order valence-corrected chi connectivity index (χ3v) is 9.85. The molecule has 0 radical (unpaired) electrons. The summed E-state index contributed by atoms with van der Waals surface area (Å²) in [6.07, 6.45) is 5.31. The van der Waals surface area contributed by atoms with Gasteiger partial charge in [-0.25, -0.2) is 4.79 Å². The van der Waals surface area contributed by atoms with Crippen LogP contribution < -0.4 is 9.47 Å². The number of allylic oxidation sites excluding steroid dienone is 3. The number of aliphatic carboxylic acids is 1. The normalized spacial score (nSPS) is 32.0. The second-order valence-electron chi connectivity index (χ2n) is 13.7. The molecule has 9 nitrogen and oxygen atoms in total. The average molecular weight is 579 g/mol. The van der Waals surface area contributed by atoms with Crippen LogP contribution in [0.1, 0.15) is 82.8 Å². The molecule has 1 saturated heterocycles. The lowest BCUT2D eigenvalue weighted by Gasteiger charge is -2.56. The Labute approximate surface area is 244 Å². The van der Waals surface area contributed by atoms with Gasteiger partial charge in [-0.15, -0.1) is 0 Å². The molecule has 1 saturated carbocycles. The predicted octanol–water partition coefficient (Wildman–Crippen LogP) is 4.40. The molecule has 3 aliphatic carbocycles. The maximum Gasteiger partial charge on any atom is 0.330 e. The van der Waals surface area contributed by atoms with E-state index in [1.807, 2.05) is 33.8 Å². The number of fused-ring (bicyclic) bond motifs is 2. The first-order valence-corrected chi connectivity index (χ1v) is 14.5. The topological polar surface area (TPSA) is 140 Å². The van der Waals surface area contributed by atoms with E-state index in [-0.39, 0.29) is 46.8 Å². The van der Waals surface area contributed by atoms with Crippen molar-refractivity contribution in [3.63, 3.8) is 0 Å². The van der Waals surface area contributed by atoms with E-state index in [0.717, 1.165) is 5.57 Å². The van der Waals surface area contributed by atoms with E-state index in [0.29, 0.717) is 29.7 Å². The van der Waals surface area contributed by atoms with E-state index in [2.05, 4.69) is 0 Å². The molecular weight excluding hydrogens is 540 g/mol. The second kappa shape index (κ2) is 8.80. The average Bonchev–Trinajstić information content (AvgIpc) is 3.40. The van der Waals surface area contributed by atoms with E-state index < -0.39 is 52.1 Å². The van der Waals surface area contributed by atoms with Crippen molar-refractivity contribution in [2.75, 3.05) is 0 Å². The molecule has 2 fully saturated rings. The van der Waals surface area contributed by atoms with Crippen molar-refractivity contribution in [1.82, 2.24) is 0 Å². The quantitative estimate of drug-likeness (QED) is 0.331. The molecule has 0 aromatic heterocycles. The highest BCUT2D eigenvalue weighted by Gasteiger charge is 2.81. The van der Waals surface area contributed by atoms with E-state index in [9.17, 15) is 29.7 Å². The number of carboxylic acids is 1.